The van der Waals surface area contributed by atoms with E-state index < -0.39 is 0 Å². The van der Waals surface area contributed by atoms with Crippen LogP contribution in [0.4, 0.5) is 5.00 Å². The fourth-order valence-electron chi connectivity index (χ4n) is 4.46. The number of carbonyl (C=O) groups excluding carboxylic acids is 3. The highest BCUT2D eigenvalue weighted by atomic mass is 32.1. The Morgan fingerprint density at radius 3 is 2.30 bits per heavy atom. The van der Waals surface area contributed by atoms with Crippen molar-refractivity contribution in [1.29, 1.82) is 0 Å². The molecule has 6 nitrogen and oxygen atoms in total. The maximum absolute atomic E-state index is 12.9. The van der Waals surface area contributed by atoms with Crippen LogP contribution < -0.4 is 10.1 Å². The third-order valence-corrected chi connectivity index (χ3v) is 7.49. The Morgan fingerprint density at radius 2 is 1.60 bits per heavy atom. The van der Waals surface area contributed by atoms with Gasteiger partial charge in [-0.15, -0.1) is 11.3 Å². The second kappa shape index (κ2) is 14.2. The highest BCUT2D eigenvalue weighted by Gasteiger charge is 2.16. The van der Waals surface area contributed by atoms with Crippen LogP contribution in [-0.4, -0.2) is 31.4 Å². The molecule has 4 rings (SSSR count). The van der Waals surface area contributed by atoms with Gasteiger partial charge in [0.15, 0.2) is 5.78 Å². The van der Waals surface area contributed by atoms with E-state index >= 15 is 0 Å². The van der Waals surface area contributed by atoms with Gasteiger partial charge in [0.25, 0.3) is 0 Å². The normalized spacial score (nSPS) is 10.7. The zero-order valence-electron chi connectivity index (χ0n) is 22.8. The van der Waals surface area contributed by atoms with Crippen molar-refractivity contribution in [2.75, 3.05) is 19.0 Å². The molecule has 0 saturated carbocycles. The molecular weight excluding hydrogens is 522 g/mol. The van der Waals surface area contributed by atoms with Gasteiger partial charge in [0.1, 0.15) is 5.75 Å². The number of ketones is 1. The van der Waals surface area contributed by atoms with E-state index in [1.807, 2.05) is 42.5 Å². The average Bonchev–Trinajstić information content (AvgIpc) is 3.36. The fourth-order valence-corrected chi connectivity index (χ4v) is 5.59. The minimum atomic E-state index is -0.319. The Labute approximate surface area is 239 Å². The van der Waals surface area contributed by atoms with Crippen LogP contribution >= 0.6 is 11.3 Å². The van der Waals surface area contributed by atoms with Gasteiger partial charge in [-0.05, 0) is 59.4 Å². The Morgan fingerprint density at radius 1 is 0.875 bits per heavy atom. The summed E-state index contributed by atoms with van der Waals surface area (Å²) < 4.78 is 10.4. The number of aryl methyl sites for hydroxylation is 1. The summed E-state index contributed by atoms with van der Waals surface area (Å²) in [6.07, 6.45) is 2.17. The van der Waals surface area contributed by atoms with E-state index in [4.69, 9.17) is 9.47 Å². The maximum Gasteiger partial charge on any atom is 0.302 e. The highest BCUT2D eigenvalue weighted by molar-refractivity contribution is 7.16. The Hall–Kier alpha value is -4.23. The molecule has 0 aliphatic rings. The molecule has 0 aliphatic carbocycles. The first-order valence-electron chi connectivity index (χ1n) is 13.3. The monoisotopic (exact) mass is 555 g/mol. The molecule has 1 N–H and O–H groups in total. The Balaban J connectivity index is 1.39. The van der Waals surface area contributed by atoms with Crippen molar-refractivity contribution in [2.45, 2.75) is 39.0 Å². The zero-order valence-corrected chi connectivity index (χ0v) is 23.6. The van der Waals surface area contributed by atoms with Crippen molar-refractivity contribution in [2.24, 2.45) is 0 Å². The molecule has 0 saturated heterocycles. The van der Waals surface area contributed by atoms with E-state index in [1.165, 1.54) is 17.4 Å². The maximum atomic E-state index is 12.9. The molecule has 206 valence electrons. The van der Waals surface area contributed by atoms with Gasteiger partial charge in [0, 0.05) is 36.6 Å². The molecule has 0 spiro atoms. The summed E-state index contributed by atoms with van der Waals surface area (Å²) in [5, 5.41) is 3.77. The predicted molar refractivity (Wildman–Crippen MR) is 159 cm³/mol. The molecule has 0 bridgehead atoms. The largest absolute Gasteiger partial charge is 0.496 e. The minimum Gasteiger partial charge on any atom is -0.496 e. The lowest BCUT2D eigenvalue weighted by molar-refractivity contribution is -0.141. The lowest BCUT2D eigenvalue weighted by atomic mass is 10.0. The van der Waals surface area contributed by atoms with Crippen molar-refractivity contribution in [1.82, 2.24) is 0 Å². The van der Waals surface area contributed by atoms with E-state index in [0.717, 1.165) is 28.1 Å². The second-order valence-electron chi connectivity index (χ2n) is 9.42. The molecule has 0 radical (unpaired) electrons. The van der Waals surface area contributed by atoms with Crippen LogP contribution in [0.15, 0.2) is 84.9 Å². The van der Waals surface area contributed by atoms with E-state index in [2.05, 4.69) is 29.6 Å². The Kier molecular flexibility index (Phi) is 10.2. The predicted octanol–water partition coefficient (Wildman–Crippen LogP) is 7.11. The molecule has 7 heteroatoms. The number of esters is 1. The number of rotatable bonds is 13. The van der Waals surface area contributed by atoms with Gasteiger partial charge >= 0.3 is 5.97 Å². The Bertz CT molecular complexity index is 1450. The summed E-state index contributed by atoms with van der Waals surface area (Å²) in [7, 11) is 1.58. The summed E-state index contributed by atoms with van der Waals surface area (Å²) >= 11 is 1.56. The third-order valence-electron chi connectivity index (χ3n) is 6.44. The van der Waals surface area contributed by atoms with E-state index in [0.29, 0.717) is 30.8 Å². The zero-order chi connectivity index (χ0) is 28.3. The highest BCUT2D eigenvalue weighted by Crippen LogP contribution is 2.36. The number of thiophene rings is 1. The van der Waals surface area contributed by atoms with Crippen molar-refractivity contribution < 1.29 is 23.9 Å². The first-order chi connectivity index (χ1) is 19.4. The molecule has 0 aliphatic heterocycles. The summed E-state index contributed by atoms with van der Waals surface area (Å²) in [5.74, 6) is 0.0475. The smallest absolute Gasteiger partial charge is 0.302 e. The van der Waals surface area contributed by atoms with Crippen LogP contribution in [0, 0.1) is 0 Å². The summed E-state index contributed by atoms with van der Waals surface area (Å²) in [6.45, 7) is 1.68. The fraction of sp³-hybridized carbons (Fsp3) is 0.242. The molecular formula is C33H33NO5S. The number of anilines is 1. The molecule has 1 heterocycles. The van der Waals surface area contributed by atoms with Gasteiger partial charge in [-0.25, -0.2) is 0 Å². The van der Waals surface area contributed by atoms with Crippen molar-refractivity contribution >= 4 is 34.0 Å². The molecule has 40 heavy (non-hydrogen) atoms. The molecule has 4 aromatic rings. The lowest BCUT2D eigenvalue weighted by Gasteiger charge is -2.11. The van der Waals surface area contributed by atoms with Crippen LogP contribution in [0.1, 0.15) is 52.5 Å². The standard InChI is InChI=1S/C33H33NO5S/c1-23(35)39-19-9-14-27-21-26(15-17-30(27)38-2)29(36)16-18-32(37)34-33-22-28(25-12-7-4-8-13-25)31(40-33)20-24-10-5-3-6-11-24/h3-8,10-13,15,17,21-22H,9,14,16,18-20H2,1-2H3,(H,34,37). The number of hydrogen-bond donors (Lipinski definition) is 1. The van der Waals surface area contributed by atoms with Crippen LogP contribution in [0.25, 0.3) is 11.1 Å². The van der Waals surface area contributed by atoms with E-state index in [9.17, 15) is 14.4 Å². The van der Waals surface area contributed by atoms with Gasteiger partial charge < -0.3 is 14.8 Å². The summed E-state index contributed by atoms with van der Waals surface area (Å²) in [6, 6.07) is 27.7. The number of hydrogen-bond acceptors (Lipinski definition) is 6. The second-order valence-corrected chi connectivity index (χ2v) is 10.6. The average molecular weight is 556 g/mol. The summed E-state index contributed by atoms with van der Waals surface area (Å²) in [4.78, 5) is 37.9. The van der Waals surface area contributed by atoms with Gasteiger partial charge in [-0.1, -0.05) is 60.7 Å². The molecule has 1 amide bonds. The summed E-state index contributed by atoms with van der Waals surface area (Å²) in [5.41, 5.74) is 4.80. The minimum absolute atomic E-state index is 0.0826. The SMILES string of the molecule is COc1ccc(C(=O)CCC(=O)Nc2cc(-c3ccccc3)c(Cc3ccccc3)s2)cc1CCCOC(C)=O. The number of amides is 1. The van der Waals surface area contributed by atoms with E-state index in [-0.39, 0.29) is 30.5 Å². The van der Waals surface area contributed by atoms with Crippen LogP contribution in [-0.2, 0) is 27.2 Å². The number of Topliss-reactive ketones (excluding diaryl/α,β-unsaturated/α-hetero) is 1. The first kappa shape index (κ1) is 28.8. The number of nitrogens with one attached hydrogen (secondary N) is 1. The van der Waals surface area contributed by atoms with Gasteiger partial charge in [-0.3, -0.25) is 14.4 Å². The number of methoxy groups -OCH3 is 1. The van der Waals surface area contributed by atoms with Crippen LogP contribution in [0.3, 0.4) is 0 Å². The molecule has 0 unspecified atom stereocenters. The quantitative estimate of drug-likeness (QED) is 0.108. The molecule has 0 atom stereocenters. The lowest BCUT2D eigenvalue weighted by Crippen LogP contribution is -2.13. The van der Waals surface area contributed by atoms with Crippen molar-refractivity contribution in [3.63, 3.8) is 0 Å². The third kappa shape index (κ3) is 8.13. The topological polar surface area (TPSA) is 81.7 Å². The molecule has 1 aromatic heterocycles. The molecule has 3 aromatic carbocycles. The number of benzene rings is 3. The van der Waals surface area contributed by atoms with Gasteiger partial charge in [0.05, 0.1) is 18.7 Å². The van der Waals surface area contributed by atoms with Crippen molar-refractivity contribution in [3.8, 4) is 16.9 Å². The van der Waals surface area contributed by atoms with Gasteiger partial charge in [0.2, 0.25) is 5.91 Å². The van der Waals surface area contributed by atoms with E-state index in [1.54, 1.807) is 36.6 Å². The van der Waals surface area contributed by atoms with Crippen LogP contribution in [0.5, 0.6) is 5.75 Å². The first-order valence-corrected chi connectivity index (χ1v) is 14.1. The van der Waals surface area contributed by atoms with Crippen molar-refractivity contribution in [3.05, 3.63) is 106 Å². The number of ether oxygens (including phenoxy) is 2. The van der Waals surface area contributed by atoms with Gasteiger partial charge in [-0.2, -0.15) is 0 Å². The number of carbonyl (C=O) groups is 3. The van der Waals surface area contributed by atoms with Crippen LogP contribution in [0.2, 0.25) is 0 Å². The molecule has 0 fully saturated rings.